The van der Waals surface area contributed by atoms with E-state index in [0.29, 0.717) is 96.9 Å². The van der Waals surface area contributed by atoms with Crippen LogP contribution in [0.1, 0.15) is 252 Å². The lowest BCUT2D eigenvalue weighted by Crippen LogP contribution is -2.53. The van der Waals surface area contributed by atoms with Crippen LogP contribution in [0.15, 0.2) is 333 Å². The minimum absolute atomic E-state index is 0.00401. The molecule has 0 bridgehead atoms. The molecule has 13 aliphatic rings. The van der Waals surface area contributed by atoms with Gasteiger partial charge in [0, 0.05) is 97.0 Å². The van der Waals surface area contributed by atoms with Crippen molar-refractivity contribution in [3.63, 3.8) is 0 Å². The number of rotatable bonds is 16. The summed E-state index contributed by atoms with van der Waals surface area (Å²) in [5.74, 6) is -0.718. The second-order valence-corrected chi connectivity index (χ2v) is 45.4. The number of para-hydroxylation sites is 1. The van der Waals surface area contributed by atoms with Gasteiger partial charge in [-0.2, -0.15) is 0 Å². The highest BCUT2D eigenvalue weighted by atomic mass is 35.5. The number of ether oxygens (including phenoxy) is 4. The van der Waals surface area contributed by atoms with E-state index in [0.717, 1.165) is 128 Å². The number of piperidine rings is 1. The van der Waals surface area contributed by atoms with Gasteiger partial charge in [0.05, 0.1) is 10.7 Å². The van der Waals surface area contributed by atoms with Gasteiger partial charge in [0.15, 0.2) is 11.6 Å². The summed E-state index contributed by atoms with van der Waals surface area (Å²) in [6.07, 6.45) is 36.1. The Morgan fingerprint density at radius 1 is 0.346 bits per heavy atom. The molecule has 8 aromatic rings. The van der Waals surface area contributed by atoms with Crippen LogP contribution in [0.5, 0.6) is 23.0 Å². The Balaban J connectivity index is 0.676. The van der Waals surface area contributed by atoms with E-state index in [4.69, 9.17) is 42.1 Å². The summed E-state index contributed by atoms with van der Waals surface area (Å²) in [6.45, 7) is 43.5. The van der Waals surface area contributed by atoms with Crippen LogP contribution in [0.25, 0.3) is 23.3 Å². The Hall–Kier alpha value is -12.4. The van der Waals surface area contributed by atoms with E-state index in [-0.39, 0.29) is 92.4 Å². The molecule has 9 atom stereocenters. The number of anilines is 1. The zero-order valence-electron chi connectivity index (χ0n) is 81.6. The minimum atomic E-state index is -1.08. The average Bonchev–Trinajstić information content (AvgIpc) is 0.684. The summed E-state index contributed by atoms with van der Waals surface area (Å²) < 4.78 is 29.6. The first kappa shape index (κ1) is 90.1. The van der Waals surface area contributed by atoms with Crippen molar-refractivity contribution in [2.24, 2.45) is 47.3 Å². The molecule has 8 aromatic carbocycles. The highest BCUT2D eigenvalue weighted by molar-refractivity contribution is 6.34. The number of halogens is 2. The predicted molar refractivity (Wildman–Crippen MR) is 552 cm³/mol. The van der Waals surface area contributed by atoms with E-state index in [2.05, 4.69) is 315 Å². The molecule has 136 heavy (non-hydrogen) atoms. The minimum Gasteiger partial charge on any atom is -0.457 e. The van der Waals surface area contributed by atoms with Crippen molar-refractivity contribution < 1.29 is 38.1 Å². The molecule has 11 heteroatoms. The van der Waals surface area contributed by atoms with Gasteiger partial charge in [0.1, 0.15) is 52.0 Å². The summed E-state index contributed by atoms with van der Waals surface area (Å²) in [5.41, 5.74) is 27.7. The summed E-state index contributed by atoms with van der Waals surface area (Å²) in [7, 11) is 0. The van der Waals surface area contributed by atoms with Gasteiger partial charge in [-0.25, -0.2) is 4.90 Å². The third kappa shape index (κ3) is 14.9. The normalized spacial score (nSPS) is 22.9. The molecule has 0 N–H and O–H groups in total. The van der Waals surface area contributed by atoms with Crippen molar-refractivity contribution in [2.45, 2.75) is 203 Å². The average molecular weight is 1830 g/mol. The number of nitrogens with zero attached hydrogens (tertiary/aromatic N) is 1. The molecule has 3 saturated carbocycles. The molecular formula is C125H119Cl2NO8. The Morgan fingerprint density at radius 3 is 1.07 bits per heavy atom. The second kappa shape index (κ2) is 33.2. The van der Waals surface area contributed by atoms with E-state index in [9.17, 15) is 0 Å². The smallest absolute Gasteiger partial charge is 0.262 e. The van der Waals surface area contributed by atoms with Crippen molar-refractivity contribution in [3.8, 4) is 23.0 Å². The fourth-order valence-electron chi connectivity index (χ4n) is 23.9. The summed E-state index contributed by atoms with van der Waals surface area (Å²) in [5, 5.41) is 1.32. The van der Waals surface area contributed by atoms with Gasteiger partial charge in [-0.1, -0.05) is 332 Å². The number of benzene rings is 8. The Kier molecular flexibility index (Phi) is 22.0. The Bertz CT molecular complexity index is 7100. The predicted octanol–water partition coefficient (Wildman–Crippen LogP) is 30.1. The molecule has 1 saturated heterocycles. The molecule has 0 radical (unpaired) electrons. The third-order valence-electron chi connectivity index (χ3n) is 30.8. The van der Waals surface area contributed by atoms with Crippen molar-refractivity contribution >= 4 is 75.6 Å². The number of carbonyl (C=O) groups is 4. The number of Topliss-reactive ketones (excluding diaryl/α,β-unsaturated/α-hetero) is 2. The third-order valence-corrected chi connectivity index (χ3v) is 31.6. The van der Waals surface area contributed by atoms with Crippen LogP contribution in [0.2, 0.25) is 10.0 Å². The topological polar surface area (TPSA) is 108 Å². The van der Waals surface area contributed by atoms with Gasteiger partial charge in [-0.15, -0.1) is 0 Å². The van der Waals surface area contributed by atoms with Crippen molar-refractivity contribution in [1.29, 1.82) is 0 Å². The van der Waals surface area contributed by atoms with Crippen LogP contribution >= 0.6 is 23.2 Å². The highest BCUT2D eigenvalue weighted by Gasteiger charge is 2.61. The number of carbonyl (C=O) groups excluding carboxylic acids is 4. The van der Waals surface area contributed by atoms with Gasteiger partial charge >= 0.3 is 0 Å². The number of allylic oxidation sites excluding steroid dienone is 26. The first-order chi connectivity index (χ1) is 64.8. The number of hydrogen-bond donors (Lipinski definition) is 0. The van der Waals surface area contributed by atoms with Crippen LogP contribution in [-0.2, 0) is 53.7 Å². The molecule has 1 aliphatic heterocycles. The molecule has 686 valence electrons. The molecule has 9 unspecified atom stereocenters. The maximum atomic E-state index is 16.3. The van der Waals surface area contributed by atoms with Crippen LogP contribution < -0.4 is 23.8 Å². The molecule has 0 spiro atoms. The lowest BCUT2D eigenvalue weighted by atomic mass is 9.51. The Labute approximate surface area is 812 Å². The van der Waals surface area contributed by atoms with E-state index >= 15 is 19.2 Å². The van der Waals surface area contributed by atoms with E-state index in [1.165, 1.54) is 16.0 Å². The monoisotopic (exact) mass is 1830 g/mol. The number of amides is 2. The molecule has 12 aliphatic carbocycles. The lowest BCUT2D eigenvalue weighted by Gasteiger charge is -2.52. The summed E-state index contributed by atoms with van der Waals surface area (Å²) in [6, 6.07) is 54.6. The van der Waals surface area contributed by atoms with Crippen molar-refractivity contribution in [2.75, 3.05) is 4.90 Å². The largest absolute Gasteiger partial charge is 0.457 e. The first-order valence-electron chi connectivity index (χ1n) is 48.9. The molecule has 0 aromatic heterocycles. The fourth-order valence-corrected chi connectivity index (χ4v) is 24.5. The van der Waals surface area contributed by atoms with Crippen molar-refractivity contribution in [3.05, 3.63) is 426 Å². The SMILES string of the molecule is CC(C)c1cccc(C(C)C)c1C1C(=O)C2=CC(Oc3ccc(C(C)(C)C)cc3)=C3C4=CC=CC5C(c6cc7c(cc6Cl)CCc6c(ccc(C8=CC=C9C%10=C(Oc%11ccc(C(C)(C)C)cc%11)C=C%11C(=O)N(c%12c(C(C)C)cccc%12C(C)C)C(=O)C%12=CC(Oc%13ccc(C(C)(C)C)cc%13)=C(C%13=CC=CC8C%139)C%10C%12%11)c6Cl)C=C7)=CC=C(C6=C(Oc7ccc(C(C)(C)C)cc7)C=C(C1=O)C2C36)C45. The number of ketones is 2. The van der Waals surface area contributed by atoms with Crippen LogP contribution in [0.4, 0.5) is 5.69 Å². The number of fused-ring (bicyclic) bond motifs is 6. The fraction of sp³-hybridized carbons (Fsp3) is 0.312. The standard InChI is InChI=1S/C125H119Cl2NO8/c1-65(2)80-25-21-26-81(66(3)4)106(80)115-118(129)95-61-100(133-76-45-37-72(38-46-76)122(9,10)11)109-91-32-24-30-88-86(56-58-93(105(88)91)111-101(62-96(119(115)130)107(95)113(109)111)134-77-47-39-73(40-48-77)123(12,13)14)94-59-70-34-33-69-35-54-89(116(127)84(69)53-36-71(70)60-99(94)126)85-55-57-92-104-87(85)29-23-31-90(104)110-102(135-78-49-41-74(42-50-78)124(15,16)17)63-97-108-98(64-103(112(92)114(108)110)136-79-51-43-75(44-52-79)125(18,19)20)121(132)128(120(97)131)117-82(67(5)6)27-22-28-83(117)68(7)8/h21-35,37-52,54-68,87-88,104-105,107-108,113-115H,36,53H2,1-20H3. The number of aryl methyl sites for hydroxylation is 1. The highest BCUT2D eigenvalue weighted by Crippen LogP contribution is 2.67. The van der Waals surface area contributed by atoms with Gasteiger partial charge in [-0.3, -0.25) is 19.2 Å². The van der Waals surface area contributed by atoms with Gasteiger partial charge < -0.3 is 18.9 Å². The molecule has 4 fully saturated rings. The maximum Gasteiger partial charge on any atom is 0.262 e. The maximum absolute atomic E-state index is 16.3. The van der Waals surface area contributed by atoms with Crippen LogP contribution in [0, 0.1) is 47.3 Å². The number of hydrogen-bond acceptors (Lipinski definition) is 8. The van der Waals surface area contributed by atoms with Gasteiger partial charge in [0.2, 0.25) is 0 Å². The summed E-state index contributed by atoms with van der Waals surface area (Å²) in [4.78, 5) is 66.7. The molecule has 2 amide bonds. The zero-order chi connectivity index (χ0) is 95.4. The zero-order valence-corrected chi connectivity index (χ0v) is 83.1. The Morgan fingerprint density at radius 2 is 0.691 bits per heavy atom. The van der Waals surface area contributed by atoms with E-state index in [1.807, 2.05) is 78.9 Å². The molecule has 1 heterocycles. The van der Waals surface area contributed by atoms with E-state index < -0.39 is 29.6 Å². The van der Waals surface area contributed by atoms with Gasteiger partial charge in [-0.05, 0) is 260 Å². The molecule has 9 nitrogen and oxygen atoms in total. The van der Waals surface area contributed by atoms with Crippen molar-refractivity contribution in [1.82, 2.24) is 0 Å². The lowest BCUT2D eigenvalue weighted by molar-refractivity contribution is -0.128. The molecular weight excluding hydrogens is 1710 g/mol. The summed E-state index contributed by atoms with van der Waals surface area (Å²) >= 11 is 16.1. The van der Waals surface area contributed by atoms with E-state index in [1.54, 1.807) is 0 Å². The van der Waals surface area contributed by atoms with Gasteiger partial charge in [0.25, 0.3) is 11.8 Å². The van der Waals surface area contributed by atoms with Crippen LogP contribution in [-0.4, -0.2) is 23.4 Å². The second-order valence-electron chi connectivity index (χ2n) is 44.7. The quantitative estimate of drug-likeness (QED) is 0.0695. The first-order valence-corrected chi connectivity index (χ1v) is 49.7. The van der Waals surface area contributed by atoms with Crippen LogP contribution in [0.3, 0.4) is 0 Å². The molecule has 21 rings (SSSR count). The number of imide groups is 1.